The van der Waals surface area contributed by atoms with Crippen molar-refractivity contribution in [2.75, 3.05) is 26.2 Å². The Kier molecular flexibility index (Phi) is 6.46. The molecule has 3 aliphatic rings. The molecule has 3 rings (SSSR count). The number of piperidine rings is 3. The fourth-order valence-corrected chi connectivity index (χ4v) is 3.61. The lowest BCUT2D eigenvalue weighted by molar-refractivity contribution is -0.946. The highest BCUT2D eigenvalue weighted by Gasteiger charge is 2.44. The van der Waals surface area contributed by atoms with Crippen LogP contribution in [0.3, 0.4) is 0 Å². The maximum atomic E-state index is 9.99. The standard InChI is InChI=1S/C14H28NO.BrH/c1-2-3-4-5-6-9-15-10-7-13(8-11-15)14(16)12-15;/h13-14,16H,2-12H2,1H3;1H/q+1;/p-1/t13?,14-,15?;/m0./s1. The van der Waals surface area contributed by atoms with Crippen LogP contribution in [0.1, 0.15) is 51.9 Å². The van der Waals surface area contributed by atoms with Crippen LogP contribution in [0.25, 0.3) is 0 Å². The number of aliphatic hydroxyl groups excluding tert-OH is 1. The van der Waals surface area contributed by atoms with Crippen molar-refractivity contribution in [3.8, 4) is 0 Å². The third-order valence-corrected chi connectivity index (χ3v) is 4.80. The van der Waals surface area contributed by atoms with E-state index in [9.17, 15) is 5.11 Å². The second-order valence-corrected chi connectivity index (χ2v) is 6.01. The lowest BCUT2D eigenvalue weighted by Crippen LogP contribution is -3.00. The number of fused-ring (bicyclic) bond motifs is 3. The minimum absolute atomic E-state index is 0. The van der Waals surface area contributed by atoms with E-state index in [4.69, 9.17) is 0 Å². The van der Waals surface area contributed by atoms with Crippen LogP contribution in [-0.2, 0) is 0 Å². The quantitative estimate of drug-likeness (QED) is 0.521. The van der Waals surface area contributed by atoms with Gasteiger partial charge in [-0.05, 0) is 12.8 Å². The zero-order valence-electron chi connectivity index (χ0n) is 11.2. The minimum Gasteiger partial charge on any atom is -1.00 e. The molecule has 3 aliphatic heterocycles. The summed E-state index contributed by atoms with van der Waals surface area (Å²) >= 11 is 0. The van der Waals surface area contributed by atoms with Crippen molar-refractivity contribution < 1.29 is 26.6 Å². The van der Waals surface area contributed by atoms with Gasteiger partial charge in [-0.3, -0.25) is 0 Å². The second-order valence-electron chi connectivity index (χ2n) is 6.01. The molecule has 0 spiro atoms. The molecule has 1 atom stereocenters. The highest BCUT2D eigenvalue weighted by Crippen LogP contribution is 2.34. The summed E-state index contributed by atoms with van der Waals surface area (Å²) in [6.07, 6.45) is 9.46. The number of aliphatic hydroxyl groups is 1. The van der Waals surface area contributed by atoms with E-state index in [0.29, 0.717) is 5.92 Å². The third-order valence-electron chi connectivity index (χ3n) is 4.80. The SMILES string of the molecule is CCCCCCC[N+]12CCC(CC1)[C@@H](O)C2.[Br-]. The molecular weight excluding hydrogens is 278 g/mol. The Bertz CT molecular complexity index is 214. The van der Waals surface area contributed by atoms with Gasteiger partial charge >= 0.3 is 0 Å². The highest BCUT2D eigenvalue weighted by atomic mass is 79.9. The molecular formula is C14H28BrNO. The van der Waals surface area contributed by atoms with Crippen LogP contribution in [0.4, 0.5) is 0 Å². The molecule has 2 nitrogen and oxygen atoms in total. The third kappa shape index (κ3) is 3.93. The molecule has 3 saturated heterocycles. The van der Waals surface area contributed by atoms with E-state index in [1.165, 1.54) is 69.1 Å². The summed E-state index contributed by atoms with van der Waals surface area (Å²) in [5, 5.41) is 9.99. The fourth-order valence-electron chi connectivity index (χ4n) is 3.61. The molecule has 0 amide bonds. The van der Waals surface area contributed by atoms with Gasteiger partial charge in [0.05, 0.1) is 19.6 Å². The normalized spacial score (nSPS) is 35.6. The molecule has 2 bridgehead atoms. The molecule has 0 aromatic heterocycles. The summed E-state index contributed by atoms with van der Waals surface area (Å²) in [4.78, 5) is 0. The summed E-state index contributed by atoms with van der Waals surface area (Å²) in [6.45, 7) is 7.34. The van der Waals surface area contributed by atoms with Crippen LogP contribution in [-0.4, -0.2) is 41.9 Å². The molecule has 0 aromatic carbocycles. The molecule has 3 fully saturated rings. The first kappa shape index (κ1) is 15.5. The van der Waals surface area contributed by atoms with Gasteiger partial charge in [-0.2, -0.15) is 0 Å². The largest absolute Gasteiger partial charge is 1.00 e. The van der Waals surface area contributed by atoms with Gasteiger partial charge in [-0.15, -0.1) is 0 Å². The molecule has 17 heavy (non-hydrogen) atoms. The first-order chi connectivity index (χ1) is 7.76. The monoisotopic (exact) mass is 305 g/mol. The van der Waals surface area contributed by atoms with E-state index >= 15 is 0 Å². The Balaban J connectivity index is 0.00000144. The van der Waals surface area contributed by atoms with Crippen molar-refractivity contribution in [3.05, 3.63) is 0 Å². The molecule has 1 N–H and O–H groups in total. The summed E-state index contributed by atoms with van der Waals surface area (Å²) in [5.74, 6) is 0.639. The maximum Gasteiger partial charge on any atom is 0.106 e. The summed E-state index contributed by atoms with van der Waals surface area (Å²) < 4.78 is 1.24. The van der Waals surface area contributed by atoms with E-state index in [0.717, 1.165) is 6.54 Å². The molecule has 3 heterocycles. The maximum absolute atomic E-state index is 9.99. The number of hydrogen-bond donors (Lipinski definition) is 1. The Hall–Kier alpha value is 0.400. The van der Waals surface area contributed by atoms with Crippen molar-refractivity contribution in [2.24, 2.45) is 5.92 Å². The van der Waals surface area contributed by atoms with Crippen molar-refractivity contribution in [1.82, 2.24) is 0 Å². The summed E-state index contributed by atoms with van der Waals surface area (Å²) in [5.41, 5.74) is 0. The number of hydrogen-bond acceptors (Lipinski definition) is 1. The Morgan fingerprint density at radius 2 is 1.71 bits per heavy atom. The number of nitrogens with zero attached hydrogens (tertiary/aromatic N) is 1. The van der Waals surface area contributed by atoms with Crippen molar-refractivity contribution in [2.45, 2.75) is 58.0 Å². The average molecular weight is 306 g/mol. The van der Waals surface area contributed by atoms with Crippen molar-refractivity contribution in [1.29, 1.82) is 0 Å². The summed E-state index contributed by atoms with van der Waals surface area (Å²) in [6, 6.07) is 0. The van der Waals surface area contributed by atoms with Crippen molar-refractivity contribution >= 4 is 0 Å². The lowest BCUT2D eigenvalue weighted by atomic mass is 9.83. The van der Waals surface area contributed by atoms with E-state index in [1.54, 1.807) is 0 Å². The molecule has 102 valence electrons. The molecule has 0 saturated carbocycles. The van der Waals surface area contributed by atoms with Crippen LogP contribution < -0.4 is 17.0 Å². The van der Waals surface area contributed by atoms with E-state index in [1.807, 2.05) is 0 Å². The molecule has 0 aromatic rings. The zero-order valence-corrected chi connectivity index (χ0v) is 12.8. The first-order valence-electron chi connectivity index (χ1n) is 7.29. The van der Waals surface area contributed by atoms with Crippen LogP contribution >= 0.6 is 0 Å². The van der Waals surface area contributed by atoms with Gasteiger partial charge < -0.3 is 26.6 Å². The number of halogens is 1. The lowest BCUT2D eigenvalue weighted by Gasteiger charge is -2.51. The number of quaternary nitrogens is 1. The topological polar surface area (TPSA) is 20.2 Å². The zero-order chi connectivity index (χ0) is 11.4. The van der Waals surface area contributed by atoms with E-state index in [2.05, 4.69) is 6.92 Å². The Labute approximate surface area is 117 Å². The van der Waals surface area contributed by atoms with Crippen LogP contribution in [0.5, 0.6) is 0 Å². The van der Waals surface area contributed by atoms with E-state index < -0.39 is 0 Å². The number of unbranched alkanes of at least 4 members (excludes halogenated alkanes) is 4. The van der Waals surface area contributed by atoms with Gasteiger partial charge in [0.2, 0.25) is 0 Å². The minimum atomic E-state index is 0. The predicted octanol–water partition coefficient (Wildman–Crippen LogP) is -0.438. The van der Waals surface area contributed by atoms with Gasteiger partial charge in [0.25, 0.3) is 0 Å². The Morgan fingerprint density at radius 1 is 1.06 bits per heavy atom. The molecule has 0 radical (unpaired) electrons. The van der Waals surface area contributed by atoms with Gasteiger partial charge in [-0.25, -0.2) is 0 Å². The Morgan fingerprint density at radius 3 is 2.29 bits per heavy atom. The van der Waals surface area contributed by atoms with Gasteiger partial charge in [0.15, 0.2) is 0 Å². The second kappa shape index (κ2) is 7.10. The van der Waals surface area contributed by atoms with Gasteiger partial charge in [0, 0.05) is 18.8 Å². The predicted molar refractivity (Wildman–Crippen MR) is 67.2 cm³/mol. The summed E-state index contributed by atoms with van der Waals surface area (Å²) in [7, 11) is 0. The smallest absolute Gasteiger partial charge is 0.106 e. The molecule has 0 aliphatic carbocycles. The first-order valence-corrected chi connectivity index (χ1v) is 7.29. The highest BCUT2D eigenvalue weighted by molar-refractivity contribution is 4.79. The van der Waals surface area contributed by atoms with E-state index in [-0.39, 0.29) is 23.1 Å². The van der Waals surface area contributed by atoms with Gasteiger partial charge in [0.1, 0.15) is 12.6 Å². The fraction of sp³-hybridized carbons (Fsp3) is 1.00. The van der Waals surface area contributed by atoms with Crippen LogP contribution in [0.15, 0.2) is 0 Å². The average Bonchev–Trinajstić information content (AvgIpc) is 2.30. The molecule has 0 unspecified atom stereocenters. The van der Waals surface area contributed by atoms with Gasteiger partial charge in [-0.1, -0.05) is 26.2 Å². The molecule has 3 heteroatoms. The van der Waals surface area contributed by atoms with Crippen molar-refractivity contribution in [3.63, 3.8) is 0 Å². The van der Waals surface area contributed by atoms with Crippen LogP contribution in [0.2, 0.25) is 0 Å². The van der Waals surface area contributed by atoms with Crippen LogP contribution in [0, 0.1) is 5.92 Å². The number of rotatable bonds is 6.